The first-order valence-corrected chi connectivity index (χ1v) is 15.6. The average molecular weight is 589 g/mol. The van der Waals surface area contributed by atoms with Crippen molar-refractivity contribution in [2.24, 2.45) is 17.8 Å². The molecular weight excluding hydrogens is 548 g/mol. The Morgan fingerprint density at radius 3 is 2.65 bits per heavy atom. The van der Waals surface area contributed by atoms with E-state index in [-0.39, 0.29) is 42.1 Å². The Kier molecular flexibility index (Phi) is 10.4. The number of anilines is 1. The summed E-state index contributed by atoms with van der Waals surface area (Å²) in [6.07, 6.45) is 8.76. The smallest absolute Gasteiger partial charge is 0.310 e. The van der Waals surface area contributed by atoms with Gasteiger partial charge in [0.05, 0.1) is 33.9 Å². The molecule has 2 amide bonds. The minimum absolute atomic E-state index is 0.0615. The summed E-state index contributed by atoms with van der Waals surface area (Å²) in [5, 5.41) is 9.56. The quantitative estimate of drug-likeness (QED) is 0.171. The van der Waals surface area contributed by atoms with Crippen LogP contribution in [0, 0.1) is 17.8 Å². The first-order chi connectivity index (χ1) is 19.3. The van der Waals surface area contributed by atoms with Crippen LogP contribution in [0.4, 0.5) is 5.69 Å². The van der Waals surface area contributed by atoms with E-state index in [2.05, 4.69) is 20.1 Å². The number of aliphatic hydroxyl groups excluding tert-OH is 1. The fourth-order valence-electron chi connectivity index (χ4n) is 6.81. The lowest BCUT2D eigenvalue weighted by Crippen LogP contribution is -2.57. The number of aliphatic hydroxyl groups is 1. The zero-order chi connectivity index (χ0) is 28.9. The van der Waals surface area contributed by atoms with Gasteiger partial charge in [0.25, 0.3) is 5.91 Å². The van der Waals surface area contributed by atoms with Crippen molar-refractivity contribution in [3.05, 3.63) is 54.6 Å². The van der Waals surface area contributed by atoms with E-state index < -0.39 is 22.6 Å². The van der Waals surface area contributed by atoms with Crippen LogP contribution in [-0.2, 0) is 19.1 Å². The summed E-state index contributed by atoms with van der Waals surface area (Å²) in [5.41, 5.74) is 0.577. The molecule has 3 saturated heterocycles. The molecule has 218 valence electrons. The molecule has 0 aromatic heterocycles. The Hall–Kier alpha value is -2.29. The predicted molar refractivity (Wildman–Crippen MR) is 160 cm³/mol. The normalized spacial score (nSPS) is 28.4. The molecule has 3 fully saturated rings. The van der Waals surface area contributed by atoms with Gasteiger partial charge in [-0.25, -0.2) is 0 Å². The van der Waals surface area contributed by atoms with Gasteiger partial charge in [0.15, 0.2) is 0 Å². The summed E-state index contributed by atoms with van der Waals surface area (Å²) < 4.78 is 4.95. The number of esters is 1. The highest BCUT2D eigenvalue weighted by Crippen LogP contribution is 2.69. The van der Waals surface area contributed by atoms with Gasteiger partial charge in [-0.05, 0) is 50.2 Å². The van der Waals surface area contributed by atoms with Gasteiger partial charge in [0, 0.05) is 24.9 Å². The maximum absolute atomic E-state index is 14.6. The number of hydrogen-bond acceptors (Lipinski definition) is 6. The van der Waals surface area contributed by atoms with Crippen molar-refractivity contribution >= 4 is 46.8 Å². The third-order valence-corrected chi connectivity index (χ3v) is 11.0. The van der Waals surface area contributed by atoms with Crippen LogP contribution in [0.15, 0.2) is 49.6 Å². The molecule has 1 spiro atoms. The van der Waals surface area contributed by atoms with E-state index in [9.17, 15) is 19.5 Å². The van der Waals surface area contributed by atoms with Gasteiger partial charge in [-0.1, -0.05) is 55.7 Å². The number of unbranched alkanes of at least 4 members (excludes halogenated alkanes) is 4. The SMILES string of the molecule is C=CCCCOC(=O)[C@@H]1[C@H]2C(=O)N(CCCCCCO)C(C(=O)N(CC=C)c3ccccc3Cl)C23S[C@@H]1CC3C. The van der Waals surface area contributed by atoms with Crippen LogP contribution in [0.5, 0.6) is 0 Å². The summed E-state index contributed by atoms with van der Waals surface area (Å²) in [6, 6.07) is 6.47. The molecule has 2 bridgehead atoms. The zero-order valence-corrected chi connectivity index (χ0v) is 24.9. The monoisotopic (exact) mass is 588 g/mol. The molecule has 3 unspecified atom stereocenters. The molecule has 40 heavy (non-hydrogen) atoms. The van der Waals surface area contributed by atoms with Crippen LogP contribution >= 0.6 is 23.4 Å². The highest BCUT2D eigenvalue weighted by molar-refractivity contribution is 8.02. The van der Waals surface area contributed by atoms with Crippen LogP contribution in [0.2, 0.25) is 5.02 Å². The fourth-order valence-corrected chi connectivity index (χ4v) is 9.45. The van der Waals surface area contributed by atoms with E-state index >= 15 is 0 Å². The van der Waals surface area contributed by atoms with Crippen LogP contribution in [0.25, 0.3) is 0 Å². The number of rotatable bonds is 15. The molecule has 4 rings (SSSR count). The van der Waals surface area contributed by atoms with Gasteiger partial charge in [0.2, 0.25) is 5.91 Å². The first kappa shape index (κ1) is 30.7. The van der Waals surface area contributed by atoms with E-state index in [4.69, 9.17) is 16.3 Å². The number of para-hydroxylation sites is 1. The number of likely N-dealkylation sites (tertiary alicyclic amines) is 1. The second kappa shape index (κ2) is 13.6. The highest BCUT2D eigenvalue weighted by Gasteiger charge is 2.76. The number of fused-ring (bicyclic) bond motifs is 1. The van der Waals surface area contributed by atoms with Gasteiger partial charge in [0.1, 0.15) is 6.04 Å². The zero-order valence-electron chi connectivity index (χ0n) is 23.3. The minimum atomic E-state index is -0.734. The van der Waals surface area contributed by atoms with E-state index in [0.717, 1.165) is 25.7 Å². The fraction of sp³-hybridized carbons (Fsp3) is 0.581. The third kappa shape index (κ3) is 5.59. The maximum atomic E-state index is 14.6. The Bertz CT molecular complexity index is 1110. The molecular formula is C31H41ClN2O5S. The molecule has 3 heterocycles. The Balaban J connectivity index is 1.70. The van der Waals surface area contributed by atoms with Crippen LogP contribution in [0.1, 0.15) is 51.9 Å². The standard InChI is InChI=1S/C31H41ClN2O5S/c1-4-6-13-19-39-30(38)25-24-20-21(3)31(40-24)26(25)28(36)34(17-11-7-8-12-18-35)27(31)29(37)33(16-5-2)23-15-10-9-14-22(23)32/h4-5,9-10,14-15,21,24-27,35H,1-2,6-8,11-13,16-20H2,3H3/t21?,24-,25+,26+,27?,31?/m1/s1. The lowest BCUT2D eigenvalue weighted by Gasteiger charge is -2.40. The number of benzene rings is 1. The maximum Gasteiger partial charge on any atom is 0.310 e. The summed E-state index contributed by atoms with van der Waals surface area (Å²) in [6.45, 7) is 10.8. The Morgan fingerprint density at radius 1 is 1.20 bits per heavy atom. The second-order valence-electron chi connectivity index (χ2n) is 11.0. The van der Waals surface area contributed by atoms with Crippen molar-refractivity contribution in [1.82, 2.24) is 4.90 Å². The average Bonchev–Trinajstić information content (AvgIpc) is 3.53. The number of nitrogens with zero attached hydrogens (tertiary/aromatic N) is 2. The van der Waals surface area contributed by atoms with Crippen molar-refractivity contribution in [3.63, 3.8) is 0 Å². The van der Waals surface area contributed by atoms with E-state index in [0.29, 0.717) is 43.1 Å². The highest BCUT2D eigenvalue weighted by atomic mass is 35.5. The predicted octanol–water partition coefficient (Wildman–Crippen LogP) is 5.26. The van der Waals surface area contributed by atoms with Crippen molar-refractivity contribution in [2.75, 3.05) is 31.2 Å². The van der Waals surface area contributed by atoms with Gasteiger partial charge < -0.3 is 19.6 Å². The van der Waals surface area contributed by atoms with Crippen molar-refractivity contribution in [3.8, 4) is 0 Å². The van der Waals surface area contributed by atoms with Gasteiger partial charge in [-0.3, -0.25) is 14.4 Å². The number of thioether (sulfide) groups is 1. The lowest BCUT2D eigenvalue weighted by molar-refractivity contribution is -0.154. The molecule has 0 aliphatic carbocycles. The van der Waals surface area contributed by atoms with E-state index in [1.54, 1.807) is 45.8 Å². The van der Waals surface area contributed by atoms with Crippen LogP contribution in [-0.4, -0.2) is 70.1 Å². The van der Waals surface area contributed by atoms with Crippen LogP contribution in [0.3, 0.4) is 0 Å². The number of allylic oxidation sites excluding steroid dienone is 1. The Morgan fingerprint density at radius 2 is 1.95 bits per heavy atom. The number of amides is 2. The molecule has 0 radical (unpaired) electrons. The summed E-state index contributed by atoms with van der Waals surface area (Å²) in [4.78, 5) is 45.7. The molecule has 9 heteroatoms. The van der Waals surface area contributed by atoms with E-state index in [1.165, 1.54) is 0 Å². The summed E-state index contributed by atoms with van der Waals surface area (Å²) >= 11 is 8.20. The van der Waals surface area contributed by atoms with Crippen molar-refractivity contribution in [1.29, 1.82) is 0 Å². The number of ether oxygens (including phenoxy) is 1. The van der Waals surface area contributed by atoms with Crippen molar-refractivity contribution in [2.45, 2.75) is 67.9 Å². The van der Waals surface area contributed by atoms with Gasteiger partial charge in [-0.2, -0.15) is 0 Å². The minimum Gasteiger partial charge on any atom is -0.465 e. The number of carbonyl (C=O) groups excluding carboxylic acids is 3. The number of halogens is 1. The topological polar surface area (TPSA) is 87.1 Å². The molecule has 6 atom stereocenters. The lowest BCUT2D eigenvalue weighted by atomic mass is 9.66. The molecule has 7 nitrogen and oxygen atoms in total. The van der Waals surface area contributed by atoms with Gasteiger partial charge in [-0.15, -0.1) is 24.9 Å². The van der Waals surface area contributed by atoms with Gasteiger partial charge >= 0.3 is 5.97 Å². The van der Waals surface area contributed by atoms with Crippen LogP contribution < -0.4 is 4.90 Å². The molecule has 3 aliphatic heterocycles. The molecule has 0 saturated carbocycles. The molecule has 1 aromatic carbocycles. The van der Waals surface area contributed by atoms with Crippen molar-refractivity contribution < 1.29 is 24.2 Å². The summed E-state index contributed by atoms with van der Waals surface area (Å²) in [5.74, 6) is -1.78. The molecule has 3 aliphatic rings. The third-order valence-electron chi connectivity index (χ3n) is 8.58. The second-order valence-corrected chi connectivity index (χ2v) is 13.0. The summed E-state index contributed by atoms with van der Waals surface area (Å²) in [7, 11) is 0. The van der Waals surface area contributed by atoms with E-state index in [1.807, 2.05) is 12.1 Å². The molecule has 1 N–H and O–H groups in total. The number of carbonyl (C=O) groups is 3. The first-order valence-electron chi connectivity index (χ1n) is 14.4. The Labute approximate surface area is 246 Å². The molecule has 1 aromatic rings. The number of hydrogen-bond donors (Lipinski definition) is 1. The largest absolute Gasteiger partial charge is 0.465 e.